The first-order valence-electron chi connectivity index (χ1n) is 7.44. The minimum atomic E-state index is -4.56. The average molecular weight is 356 g/mol. The van der Waals surface area contributed by atoms with Crippen LogP contribution >= 0.6 is 0 Å². The number of carbonyl (C=O) groups excluding carboxylic acids is 1. The number of amides is 1. The Bertz CT molecular complexity index is 793. The molecule has 1 fully saturated rings. The molecule has 1 aliphatic rings. The summed E-state index contributed by atoms with van der Waals surface area (Å²) in [5.41, 5.74) is -2.02. The van der Waals surface area contributed by atoms with E-state index in [4.69, 9.17) is 4.52 Å². The smallest absolute Gasteiger partial charge is 0.340 e. The molecule has 0 radical (unpaired) electrons. The van der Waals surface area contributed by atoms with Gasteiger partial charge in [0.05, 0.1) is 6.54 Å². The van der Waals surface area contributed by atoms with Crippen molar-refractivity contribution in [3.8, 4) is 0 Å². The number of carbonyl (C=O) groups is 1. The molecule has 1 atom stereocenters. The lowest BCUT2D eigenvalue weighted by atomic mass is 9.98. The van der Waals surface area contributed by atoms with Gasteiger partial charge in [0.25, 0.3) is 5.89 Å². The van der Waals surface area contributed by atoms with Gasteiger partial charge in [-0.25, -0.2) is 9.97 Å². The standard InChI is InChI=1S/C14H15F3N6O2/c1-8-19-11(25-22-8)13(21-9(2)24)4-6-23(7-13)12-18-5-3-10(20-12)14(15,16)17/h3,5H,4,6-7H2,1-2H3,(H,21,24). The van der Waals surface area contributed by atoms with Crippen molar-refractivity contribution in [1.29, 1.82) is 0 Å². The number of aryl methyl sites for hydroxylation is 1. The van der Waals surface area contributed by atoms with E-state index in [1.54, 1.807) is 11.8 Å². The molecule has 2 aromatic heterocycles. The van der Waals surface area contributed by atoms with Crippen molar-refractivity contribution in [2.24, 2.45) is 0 Å². The first-order valence-corrected chi connectivity index (χ1v) is 7.44. The predicted molar refractivity (Wildman–Crippen MR) is 78.4 cm³/mol. The van der Waals surface area contributed by atoms with Gasteiger partial charge in [-0.15, -0.1) is 0 Å². The number of hydrogen-bond donors (Lipinski definition) is 1. The fourth-order valence-electron chi connectivity index (χ4n) is 2.80. The molecule has 8 nitrogen and oxygen atoms in total. The third-order valence-corrected chi connectivity index (χ3v) is 3.84. The van der Waals surface area contributed by atoms with E-state index in [2.05, 4.69) is 25.4 Å². The normalized spacial score (nSPS) is 20.8. The van der Waals surface area contributed by atoms with E-state index in [0.29, 0.717) is 18.8 Å². The molecule has 1 saturated heterocycles. The molecule has 0 spiro atoms. The zero-order valence-corrected chi connectivity index (χ0v) is 13.5. The number of nitrogens with one attached hydrogen (secondary N) is 1. The van der Waals surface area contributed by atoms with Crippen molar-refractivity contribution >= 4 is 11.9 Å². The molecule has 1 aliphatic heterocycles. The highest BCUT2D eigenvalue weighted by Crippen LogP contribution is 2.34. The molecule has 1 amide bonds. The van der Waals surface area contributed by atoms with Crippen LogP contribution in [0.4, 0.5) is 19.1 Å². The molecule has 0 aliphatic carbocycles. The fourth-order valence-corrected chi connectivity index (χ4v) is 2.80. The van der Waals surface area contributed by atoms with Gasteiger partial charge >= 0.3 is 6.18 Å². The van der Waals surface area contributed by atoms with Crippen molar-refractivity contribution in [1.82, 2.24) is 25.4 Å². The number of rotatable bonds is 3. The van der Waals surface area contributed by atoms with Gasteiger partial charge in [-0.05, 0) is 19.4 Å². The highest BCUT2D eigenvalue weighted by Gasteiger charge is 2.46. The lowest BCUT2D eigenvalue weighted by Crippen LogP contribution is -2.47. The first kappa shape index (κ1) is 17.1. The fraction of sp³-hybridized carbons (Fsp3) is 0.500. The molecule has 1 unspecified atom stereocenters. The van der Waals surface area contributed by atoms with Crippen LogP contribution in [0.2, 0.25) is 0 Å². The summed E-state index contributed by atoms with van der Waals surface area (Å²) in [6.45, 7) is 3.42. The summed E-state index contributed by atoms with van der Waals surface area (Å²) in [7, 11) is 0. The Morgan fingerprint density at radius 1 is 1.40 bits per heavy atom. The van der Waals surface area contributed by atoms with Gasteiger partial charge in [0.1, 0.15) is 11.2 Å². The van der Waals surface area contributed by atoms with Crippen LogP contribution in [0, 0.1) is 6.92 Å². The second kappa shape index (κ2) is 5.97. The van der Waals surface area contributed by atoms with Gasteiger partial charge in [-0.3, -0.25) is 4.79 Å². The zero-order valence-electron chi connectivity index (χ0n) is 13.5. The van der Waals surface area contributed by atoms with Crippen molar-refractivity contribution in [2.45, 2.75) is 32.0 Å². The highest BCUT2D eigenvalue weighted by molar-refractivity contribution is 5.74. The van der Waals surface area contributed by atoms with Crippen LogP contribution in [0.5, 0.6) is 0 Å². The molecule has 3 rings (SSSR count). The molecule has 25 heavy (non-hydrogen) atoms. The van der Waals surface area contributed by atoms with E-state index in [-0.39, 0.29) is 24.3 Å². The van der Waals surface area contributed by atoms with E-state index in [1.807, 2.05) is 0 Å². The Hall–Kier alpha value is -2.72. The lowest BCUT2D eigenvalue weighted by Gasteiger charge is -2.26. The van der Waals surface area contributed by atoms with Crippen LogP contribution in [0.15, 0.2) is 16.8 Å². The maximum atomic E-state index is 12.8. The molecule has 0 saturated carbocycles. The number of nitrogens with zero attached hydrogens (tertiary/aromatic N) is 5. The topological polar surface area (TPSA) is 97.0 Å². The molecular formula is C14H15F3N6O2. The summed E-state index contributed by atoms with van der Waals surface area (Å²) < 4.78 is 43.7. The van der Waals surface area contributed by atoms with Crippen LogP contribution in [-0.4, -0.2) is 39.1 Å². The molecule has 2 aromatic rings. The molecule has 1 N–H and O–H groups in total. The SMILES string of the molecule is CC(=O)NC1(c2nc(C)no2)CCN(c2nccc(C(F)(F)F)n2)C1. The van der Waals surface area contributed by atoms with E-state index >= 15 is 0 Å². The number of anilines is 1. The monoisotopic (exact) mass is 356 g/mol. The maximum absolute atomic E-state index is 12.8. The Morgan fingerprint density at radius 3 is 2.76 bits per heavy atom. The van der Waals surface area contributed by atoms with E-state index in [0.717, 1.165) is 12.3 Å². The molecule has 0 aromatic carbocycles. The predicted octanol–water partition coefficient (Wildman–Crippen LogP) is 1.43. The average Bonchev–Trinajstić information content (AvgIpc) is 3.14. The molecule has 11 heteroatoms. The van der Waals surface area contributed by atoms with Gasteiger partial charge < -0.3 is 14.7 Å². The number of hydrogen-bond acceptors (Lipinski definition) is 7. The van der Waals surface area contributed by atoms with E-state index in [9.17, 15) is 18.0 Å². The van der Waals surface area contributed by atoms with Gasteiger partial charge in [0.15, 0.2) is 5.82 Å². The Morgan fingerprint density at radius 2 is 2.16 bits per heavy atom. The summed E-state index contributed by atoms with van der Waals surface area (Å²) in [5.74, 6) is 0.212. The van der Waals surface area contributed by atoms with Crippen LogP contribution in [-0.2, 0) is 16.5 Å². The van der Waals surface area contributed by atoms with Crippen LogP contribution in [0.3, 0.4) is 0 Å². The number of halogens is 3. The third-order valence-electron chi connectivity index (χ3n) is 3.84. The molecule has 3 heterocycles. The second-order valence-corrected chi connectivity index (χ2v) is 5.82. The van der Waals surface area contributed by atoms with E-state index in [1.165, 1.54) is 6.92 Å². The minimum Gasteiger partial charge on any atom is -0.340 e. The molecule has 0 bridgehead atoms. The van der Waals surface area contributed by atoms with Gasteiger partial charge in [-0.1, -0.05) is 5.16 Å². The van der Waals surface area contributed by atoms with Gasteiger partial charge in [-0.2, -0.15) is 18.2 Å². The third kappa shape index (κ3) is 3.39. The van der Waals surface area contributed by atoms with E-state index < -0.39 is 17.4 Å². The van der Waals surface area contributed by atoms with Crippen LogP contribution in [0.25, 0.3) is 0 Å². The maximum Gasteiger partial charge on any atom is 0.433 e. The quantitative estimate of drug-likeness (QED) is 0.888. The van der Waals surface area contributed by atoms with Crippen molar-refractivity contribution < 1.29 is 22.5 Å². The van der Waals surface area contributed by atoms with Gasteiger partial charge in [0, 0.05) is 19.7 Å². The zero-order chi connectivity index (χ0) is 18.2. The Labute approximate surface area is 140 Å². The Balaban J connectivity index is 1.91. The largest absolute Gasteiger partial charge is 0.433 e. The summed E-state index contributed by atoms with van der Waals surface area (Å²) in [6, 6.07) is 0.808. The second-order valence-electron chi connectivity index (χ2n) is 5.82. The van der Waals surface area contributed by atoms with Crippen LogP contribution < -0.4 is 10.2 Å². The summed E-state index contributed by atoms with van der Waals surface area (Å²) >= 11 is 0. The summed E-state index contributed by atoms with van der Waals surface area (Å²) in [4.78, 5) is 24.8. The number of alkyl halides is 3. The van der Waals surface area contributed by atoms with Gasteiger partial charge in [0.2, 0.25) is 11.9 Å². The summed E-state index contributed by atoms with van der Waals surface area (Å²) in [5, 5.41) is 6.50. The van der Waals surface area contributed by atoms with Crippen molar-refractivity contribution in [3.05, 3.63) is 29.7 Å². The van der Waals surface area contributed by atoms with Crippen molar-refractivity contribution in [3.63, 3.8) is 0 Å². The van der Waals surface area contributed by atoms with Crippen molar-refractivity contribution in [2.75, 3.05) is 18.0 Å². The first-order chi connectivity index (χ1) is 11.7. The number of aromatic nitrogens is 4. The van der Waals surface area contributed by atoms with Crippen LogP contribution in [0.1, 0.15) is 30.8 Å². The summed E-state index contributed by atoms with van der Waals surface area (Å²) in [6.07, 6.45) is -3.13. The minimum absolute atomic E-state index is 0.0710. The molecule has 134 valence electrons. The lowest BCUT2D eigenvalue weighted by molar-refractivity contribution is -0.141. The molecular weight excluding hydrogens is 341 g/mol. The Kier molecular flexibility index (Phi) is 4.09. The highest BCUT2D eigenvalue weighted by atomic mass is 19.4.